The lowest BCUT2D eigenvalue weighted by Gasteiger charge is -2.12. The van der Waals surface area contributed by atoms with Gasteiger partial charge in [-0.05, 0) is 24.6 Å². The van der Waals surface area contributed by atoms with Crippen molar-refractivity contribution in [2.24, 2.45) is 0 Å². The number of nitrogens with zero attached hydrogens (tertiary/aromatic N) is 1. The first-order chi connectivity index (χ1) is 8.81. The Balaban J connectivity index is 1.98. The van der Waals surface area contributed by atoms with Gasteiger partial charge in [0, 0.05) is 23.9 Å². The summed E-state index contributed by atoms with van der Waals surface area (Å²) in [6.45, 7) is 2.65. The summed E-state index contributed by atoms with van der Waals surface area (Å²) in [5, 5.41) is 0. The fourth-order valence-electron chi connectivity index (χ4n) is 1.83. The molecule has 0 saturated carbocycles. The van der Waals surface area contributed by atoms with Gasteiger partial charge in [0.1, 0.15) is 5.75 Å². The zero-order chi connectivity index (χ0) is 12.8. The van der Waals surface area contributed by atoms with E-state index in [9.17, 15) is 0 Å². The minimum Gasteiger partial charge on any atom is -0.493 e. The Bertz CT molecular complexity index is 499. The van der Waals surface area contributed by atoms with E-state index < -0.39 is 0 Å². The van der Waals surface area contributed by atoms with Gasteiger partial charge in [0.25, 0.3) is 0 Å². The third-order valence-corrected chi connectivity index (χ3v) is 3.06. The van der Waals surface area contributed by atoms with Crippen LogP contribution in [0.4, 0.5) is 0 Å². The number of alkyl halides is 1. The molecule has 1 aromatic carbocycles. The summed E-state index contributed by atoms with van der Waals surface area (Å²) in [7, 11) is 0. The van der Waals surface area contributed by atoms with Crippen molar-refractivity contribution in [2.75, 3.05) is 6.61 Å². The number of hydrogen-bond donors (Lipinski definition) is 0. The Morgan fingerprint density at radius 1 is 1.17 bits per heavy atom. The van der Waals surface area contributed by atoms with Gasteiger partial charge in [0.05, 0.1) is 12.5 Å². The highest BCUT2D eigenvalue weighted by atomic mass is 35.5. The molecule has 18 heavy (non-hydrogen) atoms. The molecule has 1 aromatic heterocycles. The van der Waals surface area contributed by atoms with Crippen LogP contribution in [0.3, 0.4) is 0 Å². The molecule has 0 N–H and O–H groups in total. The van der Waals surface area contributed by atoms with Crippen molar-refractivity contribution in [3.63, 3.8) is 0 Å². The van der Waals surface area contributed by atoms with Crippen molar-refractivity contribution < 1.29 is 4.74 Å². The van der Waals surface area contributed by atoms with Crippen molar-refractivity contribution in [3.05, 3.63) is 59.4 Å². The molecule has 0 spiro atoms. The minimum absolute atomic E-state index is 0.473. The van der Waals surface area contributed by atoms with E-state index in [4.69, 9.17) is 16.3 Å². The summed E-state index contributed by atoms with van der Waals surface area (Å²) in [6.07, 6.45) is 2.60. The quantitative estimate of drug-likeness (QED) is 0.765. The number of ether oxygens (including phenoxy) is 1. The molecule has 0 bridgehead atoms. The van der Waals surface area contributed by atoms with Gasteiger partial charge in [0.2, 0.25) is 0 Å². The highest BCUT2D eigenvalue weighted by molar-refractivity contribution is 6.17. The molecule has 1 heterocycles. The Labute approximate surface area is 113 Å². The maximum Gasteiger partial charge on any atom is 0.126 e. The minimum atomic E-state index is 0.473. The van der Waals surface area contributed by atoms with Crippen LogP contribution in [0.2, 0.25) is 0 Å². The third-order valence-electron chi connectivity index (χ3n) is 2.77. The van der Waals surface area contributed by atoms with E-state index in [1.54, 1.807) is 6.20 Å². The fraction of sp³-hybridized carbons (Fsp3) is 0.267. The molecule has 0 atom stereocenters. The number of aromatic nitrogens is 1. The van der Waals surface area contributed by atoms with Gasteiger partial charge in [-0.25, -0.2) is 0 Å². The fourth-order valence-corrected chi connectivity index (χ4v) is 2.04. The van der Waals surface area contributed by atoms with Crippen molar-refractivity contribution in [2.45, 2.75) is 19.2 Å². The molecular formula is C15H16ClNO. The number of aryl methyl sites for hydroxylation is 1. The Hall–Kier alpha value is -1.54. The van der Waals surface area contributed by atoms with Gasteiger partial charge in [-0.3, -0.25) is 4.98 Å². The highest BCUT2D eigenvalue weighted by Crippen LogP contribution is 2.24. The first-order valence-corrected chi connectivity index (χ1v) is 6.52. The average molecular weight is 262 g/mol. The first-order valence-electron chi connectivity index (χ1n) is 5.98. The molecule has 2 rings (SSSR count). The summed E-state index contributed by atoms with van der Waals surface area (Å²) in [6, 6.07) is 11.9. The number of rotatable bonds is 5. The van der Waals surface area contributed by atoms with Crippen LogP contribution in [0.5, 0.6) is 5.75 Å². The summed E-state index contributed by atoms with van der Waals surface area (Å²) >= 11 is 5.91. The van der Waals surface area contributed by atoms with E-state index in [2.05, 4.69) is 4.98 Å². The Morgan fingerprint density at radius 3 is 2.78 bits per heavy atom. The van der Waals surface area contributed by atoms with Gasteiger partial charge < -0.3 is 4.74 Å². The van der Waals surface area contributed by atoms with Crippen LogP contribution < -0.4 is 4.74 Å². The lowest BCUT2D eigenvalue weighted by atomic mass is 10.1. The number of pyridine rings is 1. The van der Waals surface area contributed by atoms with Gasteiger partial charge in [-0.1, -0.05) is 24.3 Å². The normalized spacial score (nSPS) is 10.3. The molecule has 0 amide bonds. The Kier molecular flexibility index (Phi) is 4.59. The maximum atomic E-state index is 5.91. The number of para-hydroxylation sites is 1. The SMILES string of the molecule is Cc1cccc(CCl)c1OCCc1ccccn1. The molecule has 94 valence electrons. The molecule has 0 radical (unpaired) electrons. The predicted molar refractivity (Wildman–Crippen MR) is 74.2 cm³/mol. The van der Waals surface area contributed by atoms with E-state index >= 15 is 0 Å². The first kappa shape index (κ1) is 12.9. The van der Waals surface area contributed by atoms with E-state index in [0.717, 1.165) is 29.0 Å². The summed E-state index contributed by atoms with van der Waals surface area (Å²) < 4.78 is 5.84. The largest absolute Gasteiger partial charge is 0.493 e. The van der Waals surface area contributed by atoms with E-state index in [1.807, 2.05) is 43.3 Å². The zero-order valence-electron chi connectivity index (χ0n) is 10.4. The van der Waals surface area contributed by atoms with Crippen molar-refractivity contribution in [1.82, 2.24) is 4.98 Å². The molecule has 2 nitrogen and oxygen atoms in total. The standard InChI is InChI=1S/C15H16ClNO/c1-12-5-4-6-13(11-16)15(12)18-10-8-14-7-2-3-9-17-14/h2-7,9H,8,10-11H2,1H3. The van der Waals surface area contributed by atoms with Gasteiger partial charge in [0.15, 0.2) is 0 Å². The van der Waals surface area contributed by atoms with E-state index in [0.29, 0.717) is 12.5 Å². The van der Waals surface area contributed by atoms with Crippen molar-refractivity contribution in [1.29, 1.82) is 0 Å². The van der Waals surface area contributed by atoms with Crippen LogP contribution in [0, 0.1) is 6.92 Å². The molecular weight excluding hydrogens is 246 g/mol. The Morgan fingerprint density at radius 2 is 2.06 bits per heavy atom. The van der Waals surface area contributed by atoms with Crippen molar-refractivity contribution >= 4 is 11.6 Å². The lowest BCUT2D eigenvalue weighted by Crippen LogP contribution is -2.05. The molecule has 3 heteroatoms. The molecule has 0 saturated heterocycles. The molecule has 2 aromatic rings. The van der Waals surface area contributed by atoms with Gasteiger partial charge >= 0.3 is 0 Å². The van der Waals surface area contributed by atoms with Crippen LogP contribution in [-0.4, -0.2) is 11.6 Å². The van der Waals surface area contributed by atoms with Crippen LogP contribution in [0.1, 0.15) is 16.8 Å². The maximum absolute atomic E-state index is 5.91. The predicted octanol–water partition coefficient (Wildman–Crippen LogP) is 3.75. The summed E-state index contributed by atoms with van der Waals surface area (Å²) in [4.78, 5) is 4.27. The van der Waals surface area contributed by atoms with Gasteiger partial charge in [-0.15, -0.1) is 11.6 Å². The second kappa shape index (κ2) is 6.41. The van der Waals surface area contributed by atoms with Crippen LogP contribution >= 0.6 is 11.6 Å². The van der Waals surface area contributed by atoms with Gasteiger partial charge in [-0.2, -0.15) is 0 Å². The average Bonchev–Trinajstić information content (AvgIpc) is 2.41. The molecule has 0 aliphatic heterocycles. The molecule has 0 aliphatic rings. The third kappa shape index (κ3) is 3.23. The molecule has 0 aliphatic carbocycles. The highest BCUT2D eigenvalue weighted by Gasteiger charge is 2.06. The van der Waals surface area contributed by atoms with E-state index in [1.165, 1.54) is 0 Å². The second-order valence-electron chi connectivity index (χ2n) is 4.12. The summed E-state index contributed by atoms with van der Waals surface area (Å²) in [5.41, 5.74) is 3.20. The van der Waals surface area contributed by atoms with Crippen LogP contribution in [0.25, 0.3) is 0 Å². The number of benzene rings is 1. The molecule has 0 fully saturated rings. The molecule has 0 unspecified atom stereocenters. The summed E-state index contributed by atoms with van der Waals surface area (Å²) in [5.74, 6) is 1.38. The zero-order valence-corrected chi connectivity index (χ0v) is 11.2. The van der Waals surface area contributed by atoms with Crippen molar-refractivity contribution in [3.8, 4) is 5.75 Å². The van der Waals surface area contributed by atoms with E-state index in [-0.39, 0.29) is 0 Å². The number of hydrogen-bond acceptors (Lipinski definition) is 2. The van der Waals surface area contributed by atoms with Crippen LogP contribution in [-0.2, 0) is 12.3 Å². The smallest absolute Gasteiger partial charge is 0.126 e. The number of halogens is 1. The van der Waals surface area contributed by atoms with Crippen LogP contribution in [0.15, 0.2) is 42.6 Å². The lowest BCUT2D eigenvalue weighted by molar-refractivity contribution is 0.316. The monoisotopic (exact) mass is 261 g/mol. The topological polar surface area (TPSA) is 22.1 Å². The second-order valence-corrected chi connectivity index (χ2v) is 4.38.